The number of hydrogen-bond acceptors (Lipinski definition) is 2. The zero-order chi connectivity index (χ0) is 14.6. The van der Waals surface area contributed by atoms with Crippen molar-refractivity contribution in [2.75, 3.05) is 13.1 Å². The van der Waals surface area contributed by atoms with Crippen molar-refractivity contribution >= 4 is 10.2 Å². The number of aliphatic hydroxyl groups is 1. The topological polar surface area (TPSA) is 23.5 Å². The fourth-order valence-corrected chi connectivity index (χ4v) is 7.18. The van der Waals surface area contributed by atoms with E-state index in [-0.39, 0.29) is 5.44 Å². The second kappa shape index (κ2) is 7.15. The average Bonchev–Trinajstić information content (AvgIpc) is 2.95. The van der Waals surface area contributed by atoms with E-state index >= 15 is 0 Å². The molecule has 1 saturated carbocycles. The molecule has 1 N–H and O–H groups in total. The highest BCUT2D eigenvalue weighted by atomic mass is 32.3. The van der Waals surface area contributed by atoms with Crippen molar-refractivity contribution < 1.29 is 5.11 Å². The van der Waals surface area contributed by atoms with Crippen molar-refractivity contribution in [1.82, 2.24) is 4.31 Å². The average molecular weight is 298 g/mol. The van der Waals surface area contributed by atoms with Crippen molar-refractivity contribution in [3.8, 4) is 0 Å². The van der Waals surface area contributed by atoms with Crippen LogP contribution in [0.2, 0.25) is 0 Å². The molecule has 0 spiro atoms. The van der Waals surface area contributed by atoms with Crippen LogP contribution in [-0.2, 0) is 0 Å². The summed E-state index contributed by atoms with van der Waals surface area (Å²) in [5, 5.41) is 15.5. The van der Waals surface area contributed by atoms with Gasteiger partial charge in [0.25, 0.3) is 0 Å². The Balaban J connectivity index is 2.25. The summed E-state index contributed by atoms with van der Waals surface area (Å²) in [4.78, 5) is 0. The van der Waals surface area contributed by atoms with Crippen molar-refractivity contribution in [1.29, 1.82) is 0 Å². The van der Waals surface area contributed by atoms with Crippen LogP contribution >= 0.6 is 10.2 Å². The quantitative estimate of drug-likeness (QED) is 0.763. The van der Waals surface area contributed by atoms with Crippen molar-refractivity contribution in [2.45, 2.75) is 64.7 Å². The Hall–Kier alpha value is -0.250. The number of aliphatic hydroxyl groups excluding tert-OH is 1. The van der Waals surface area contributed by atoms with Gasteiger partial charge in [0.1, 0.15) is 5.44 Å². The zero-order valence-electron chi connectivity index (χ0n) is 13.3. The smallest absolute Gasteiger partial charge is 0.102 e. The first kappa shape index (κ1) is 16.1. The summed E-state index contributed by atoms with van der Waals surface area (Å²) < 4.78 is 2.48. The van der Waals surface area contributed by atoms with E-state index in [1.54, 1.807) is 0 Å². The zero-order valence-corrected chi connectivity index (χ0v) is 14.2. The Bertz CT molecular complexity index is 369. The molecule has 2 atom stereocenters. The van der Waals surface area contributed by atoms with Crippen LogP contribution < -0.4 is 0 Å². The second-order valence-electron chi connectivity index (χ2n) is 5.96. The van der Waals surface area contributed by atoms with Gasteiger partial charge in [0.2, 0.25) is 0 Å². The molecule has 0 aromatic carbocycles. The molecule has 2 unspecified atom stereocenters. The lowest BCUT2D eigenvalue weighted by atomic mass is 9.84. The van der Waals surface area contributed by atoms with Gasteiger partial charge >= 0.3 is 0 Å². The van der Waals surface area contributed by atoms with E-state index in [0.717, 1.165) is 25.4 Å². The molecule has 0 aromatic heterocycles. The van der Waals surface area contributed by atoms with Gasteiger partial charge in [0.05, 0.1) is 0 Å². The van der Waals surface area contributed by atoms with E-state index in [9.17, 15) is 5.11 Å². The van der Waals surface area contributed by atoms with E-state index in [4.69, 9.17) is 0 Å². The monoisotopic (exact) mass is 297 g/mol. The summed E-state index contributed by atoms with van der Waals surface area (Å²) in [6.45, 7) is 8.55. The maximum Gasteiger partial charge on any atom is 0.102 e. The Kier molecular flexibility index (Phi) is 5.76. The predicted octanol–water partition coefficient (Wildman–Crippen LogP) is 4.77. The number of hydrogen-bond donors (Lipinski definition) is 1. The van der Waals surface area contributed by atoms with Crippen LogP contribution in [0.5, 0.6) is 0 Å². The molecule has 0 saturated heterocycles. The molecule has 20 heavy (non-hydrogen) atoms. The largest absolute Gasteiger partial charge is 0.382 e. The minimum atomic E-state index is -1.28. The van der Waals surface area contributed by atoms with Crippen LogP contribution in [0.1, 0.15) is 59.3 Å². The maximum atomic E-state index is 10.7. The van der Waals surface area contributed by atoms with Gasteiger partial charge in [-0.05, 0) is 41.6 Å². The molecule has 0 radical (unpaired) electrons. The molecule has 2 rings (SSSR count). The molecule has 2 nitrogen and oxygen atoms in total. The van der Waals surface area contributed by atoms with Crippen molar-refractivity contribution in [2.24, 2.45) is 5.92 Å². The fourth-order valence-electron chi connectivity index (χ4n) is 3.59. The molecule has 0 amide bonds. The molecular formula is C17H31NOS. The van der Waals surface area contributed by atoms with Gasteiger partial charge in [0.15, 0.2) is 0 Å². The van der Waals surface area contributed by atoms with Crippen LogP contribution in [0.3, 0.4) is 0 Å². The second-order valence-corrected chi connectivity index (χ2v) is 8.97. The summed E-state index contributed by atoms with van der Waals surface area (Å²) in [6.07, 6.45) is 10.0. The molecule has 1 fully saturated rings. The highest BCUT2D eigenvalue weighted by Crippen LogP contribution is 2.63. The van der Waals surface area contributed by atoms with Gasteiger partial charge < -0.3 is 5.11 Å². The number of nitrogens with zero attached hydrogens (tertiary/aromatic N) is 1. The Morgan fingerprint density at radius 2 is 1.85 bits per heavy atom. The standard InChI is InChI=1S/C17H31NOS/c1-4-17(19)20(18(5-2)6-3)13-12-16(14-20)15-10-8-7-9-11-15/h12-15,17,19H,4-11H2,1-3H3. The first-order valence-electron chi connectivity index (χ1n) is 8.33. The van der Waals surface area contributed by atoms with Gasteiger partial charge in [-0.25, -0.2) is 0 Å². The maximum absolute atomic E-state index is 10.7. The van der Waals surface area contributed by atoms with Crippen LogP contribution in [0.25, 0.3) is 0 Å². The van der Waals surface area contributed by atoms with Crippen LogP contribution in [0.4, 0.5) is 0 Å². The van der Waals surface area contributed by atoms with E-state index in [1.807, 2.05) is 0 Å². The highest BCUT2D eigenvalue weighted by molar-refractivity contribution is 8.37. The van der Waals surface area contributed by atoms with E-state index in [0.29, 0.717) is 0 Å². The van der Waals surface area contributed by atoms with E-state index < -0.39 is 10.2 Å². The van der Waals surface area contributed by atoms with Gasteiger partial charge in [-0.2, -0.15) is 0 Å². The normalized spacial score (nSPS) is 32.1. The van der Waals surface area contributed by atoms with Crippen molar-refractivity contribution in [3.05, 3.63) is 22.5 Å². The summed E-state index contributed by atoms with van der Waals surface area (Å²) >= 11 is 0. The molecule has 0 aromatic rings. The third kappa shape index (κ3) is 3.00. The third-order valence-corrected chi connectivity index (χ3v) is 8.66. The first-order valence-corrected chi connectivity index (χ1v) is 10.1. The minimum Gasteiger partial charge on any atom is -0.382 e. The Labute approximate surface area is 126 Å². The molecule has 1 aliphatic carbocycles. The summed E-state index contributed by atoms with van der Waals surface area (Å²) in [6, 6.07) is 0. The van der Waals surface area contributed by atoms with Crippen LogP contribution in [0, 0.1) is 5.92 Å². The highest BCUT2D eigenvalue weighted by Gasteiger charge is 2.36. The van der Waals surface area contributed by atoms with Gasteiger partial charge in [-0.1, -0.05) is 46.1 Å². The van der Waals surface area contributed by atoms with Gasteiger partial charge in [-0.3, -0.25) is 4.31 Å². The summed E-state index contributed by atoms with van der Waals surface area (Å²) in [5.41, 5.74) is 1.29. The third-order valence-electron chi connectivity index (χ3n) is 4.82. The fraction of sp³-hybridized carbons (Fsp3) is 0.765. The summed E-state index contributed by atoms with van der Waals surface area (Å²) in [5.74, 6) is 0.744. The lowest BCUT2D eigenvalue weighted by Gasteiger charge is -2.46. The lowest BCUT2D eigenvalue weighted by molar-refractivity contribution is 0.248. The molecule has 0 bridgehead atoms. The Morgan fingerprint density at radius 1 is 1.20 bits per heavy atom. The number of allylic oxidation sites excluding steroid dienone is 2. The van der Waals surface area contributed by atoms with Crippen LogP contribution in [0.15, 0.2) is 22.5 Å². The molecule has 1 heterocycles. The van der Waals surface area contributed by atoms with Crippen LogP contribution in [-0.4, -0.2) is 27.9 Å². The Morgan fingerprint density at radius 3 is 2.40 bits per heavy atom. The van der Waals surface area contributed by atoms with Crippen molar-refractivity contribution in [3.63, 3.8) is 0 Å². The SMILES string of the molecule is CCC(O)S1(N(CC)CC)C=CC(C2CCCCC2)=C1. The lowest BCUT2D eigenvalue weighted by Crippen LogP contribution is -2.32. The summed E-state index contributed by atoms with van der Waals surface area (Å²) in [7, 11) is -1.28. The van der Waals surface area contributed by atoms with E-state index in [1.165, 1.54) is 37.7 Å². The molecule has 2 aliphatic rings. The molecule has 116 valence electrons. The molecule has 3 heteroatoms. The molecular weight excluding hydrogens is 266 g/mol. The van der Waals surface area contributed by atoms with Gasteiger partial charge in [0, 0.05) is 13.1 Å². The molecule has 1 aliphatic heterocycles. The predicted molar refractivity (Wildman–Crippen MR) is 90.6 cm³/mol. The minimum absolute atomic E-state index is 0.222. The first-order chi connectivity index (χ1) is 9.67. The van der Waals surface area contributed by atoms with Gasteiger partial charge in [-0.15, -0.1) is 10.2 Å². The number of rotatable bonds is 6. The van der Waals surface area contributed by atoms with E-state index in [2.05, 4.69) is 42.0 Å².